The highest BCUT2D eigenvalue weighted by molar-refractivity contribution is 6.02. The van der Waals surface area contributed by atoms with Crippen molar-refractivity contribution in [2.75, 3.05) is 25.6 Å². The summed E-state index contributed by atoms with van der Waals surface area (Å²) in [6.07, 6.45) is -0.392. The molecule has 1 N–H and O–H groups in total. The highest BCUT2D eigenvalue weighted by Crippen LogP contribution is 2.41. The van der Waals surface area contributed by atoms with Crippen molar-refractivity contribution in [1.82, 2.24) is 4.90 Å². The number of nitrogens with zero attached hydrogens (tertiary/aromatic N) is 1. The van der Waals surface area contributed by atoms with Crippen molar-refractivity contribution in [3.05, 3.63) is 108 Å². The Bertz CT molecular complexity index is 1270. The molecule has 5 rings (SSSR count). The fourth-order valence-electron chi connectivity index (χ4n) is 4.38. The van der Waals surface area contributed by atoms with Gasteiger partial charge in [0.2, 0.25) is 0 Å². The van der Waals surface area contributed by atoms with E-state index in [0.717, 1.165) is 33.3 Å². The molecule has 0 aliphatic carbocycles. The van der Waals surface area contributed by atoms with Gasteiger partial charge in [-0.15, -0.1) is 0 Å². The van der Waals surface area contributed by atoms with E-state index < -0.39 is 6.17 Å². The lowest BCUT2D eigenvalue weighted by Crippen LogP contribution is -2.42. The number of benzene rings is 4. The minimum atomic E-state index is -0.392. The quantitative estimate of drug-likeness (QED) is 0.380. The van der Waals surface area contributed by atoms with Gasteiger partial charge in [0.1, 0.15) is 18.5 Å². The number of carbonyl (C=O) groups excluding carboxylic acids is 1. The van der Waals surface area contributed by atoms with Crippen LogP contribution in [0.5, 0.6) is 5.75 Å². The number of hydrogen-bond donors (Lipinski definition) is 1. The summed E-state index contributed by atoms with van der Waals surface area (Å²) in [6, 6.07) is 30.0. The van der Waals surface area contributed by atoms with E-state index in [0.29, 0.717) is 25.3 Å². The first-order chi connectivity index (χ1) is 16.3. The molecule has 1 heterocycles. The van der Waals surface area contributed by atoms with Crippen molar-refractivity contribution >= 4 is 22.4 Å². The molecule has 1 amide bonds. The third kappa shape index (κ3) is 4.15. The predicted octanol–water partition coefficient (Wildman–Crippen LogP) is 5.63. The average molecular weight is 439 g/mol. The van der Waals surface area contributed by atoms with Crippen molar-refractivity contribution in [2.45, 2.75) is 12.7 Å². The monoisotopic (exact) mass is 438 g/mol. The molecule has 0 spiro atoms. The van der Waals surface area contributed by atoms with Crippen molar-refractivity contribution in [2.24, 2.45) is 0 Å². The molecule has 33 heavy (non-hydrogen) atoms. The van der Waals surface area contributed by atoms with Crippen LogP contribution in [0.3, 0.4) is 0 Å². The van der Waals surface area contributed by atoms with Gasteiger partial charge < -0.3 is 19.7 Å². The van der Waals surface area contributed by atoms with Crippen molar-refractivity contribution in [3.8, 4) is 5.75 Å². The molecule has 5 heteroatoms. The first-order valence-corrected chi connectivity index (χ1v) is 11.1. The zero-order chi connectivity index (χ0) is 22.6. The fraction of sp³-hybridized carbons (Fsp3) is 0.179. The highest BCUT2D eigenvalue weighted by atomic mass is 16.5. The SMILES string of the molecule is COCCOc1ccc2ccccc2c1C1Nc2ccccc2C(=O)N1Cc1ccccc1. The Hall–Kier alpha value is -3.83. The normalized spacial score (nSPS) is 15.2. The fourth-order valence-corrected chi connectivity index (χ4v) is 4.38. The van der Waals surface area contributed by atoms with E-state index in [2.05, 4.69) is 23.5 Å². The summed E-state index contributed by atoms with van der Waals surface area (Å²) < 4.78 is 11.4. The summed E-state index contributed by atoms with van der Waals surface area (Å²) in [6.45, 7) is 1.39. The highest BCUT2D eigenvalue weighted by Gasteiger charge is 2.35. The van der Waals surface area contributed by atoms with E-state index >= 15 is 0 Å². The Morgan fingerprint density at radius 1 is 0.848 bits per heavy atom. The van der Waals surface area contributed by atoms with Crippen LogP contribution >= 0.6 is 0 Å². The number of amides is 1. The largest absolute Gasteiger partial charge is 0.491 e. The van der Waals surface area contributed by atoms with Crippen LogP contribution in [0.25, 0.3) is 10.8 Å². The number of para-hydroxylation sites is 1. The Morgan fingerprint density at radius 2 is 1.61 bits per heavy atom. The van der Waals surface area contributed by atoms with E-state index in [-0.39, 0.29) is 5.91 Å². The number of rotatable bonds is 7. The standard InChI is InChI=1S/C28H26N2O3/c1-32-17-18-33-25-16-15-21-11-5-6-12-22(21)26(25)27-29-24-14-8-7-13-23(24)28(31)30(27)19-20-9-3-2-4-10-20/h2-16,27,29H,17-19H2,1H3. The van der Waals surface area contributed by atoms with Crippen LogP contribution < -0.4 is 10.1 Å². The molecule has 0 saturated carbocycles. The molecule has 0 bridgehead atoms. The van der Waals surface area contributed by atoms with Gasteiger partial charge in [0.25, 0.3) is 5.91 Å². The third-order valence-corrected chi connectivity index (χ3v) is 5.97. The number of methoxy groups -OCH3 is 1. The molecule has 5 nitrogen and oxygen atoms in total. The number of ether oxygens (including phenoxy) is 2. The number of anilines is 1. The summed E-state index contributed by atoms with van der Waals surface area (Å²) in [7, 11) is 1.66. The second-order valence-electron chi connectivity index (χ2n) is 8.05. The van der Waals surface area contributed by atoms with Gasteiger partial charge in [0.15, 0.2) is 0 Å². The molecule has 0 fully saturated rings. The van der Waals surface area contributed by atoms with Gasteiger partial charge in [-0.1, -0.05) is 72.8 Å². The molecule has 1 unspecified atom stereocenters. The van der Waals surface area contributed by atoms with Crippen LogP contribution in [0.15, 0.2) is 91.0 Å². The van der Waals surface area contributed by atoms with E-state index in [4.69, 9.17) is 9.47 Å². The van der Waals surface area contributed by atoms with Crippen LogP contribution in [0.4, 0.5) is 5.69 Å². The molecule has 0 radical (unpaired) electrons. The smallest absolute Gasteiger partial charge is 0.258 e. The maximum Gasteiger partial charge on any atom is 0.258 e. The summed E-state index contributed by atoms with van der Waals surface area (Å²) >= 11 is 0. The zero-order valence-corrected chi connectivity index (χ0v) is 18.5. The summed E-state index contributed by atoms with van der Waals surface area (Å²) in [4.78, 5) is 15.6. The lowest BCUT2D eigenvalue weighted by atomic mass is 9.97. The lowest BCUT2D eigenvalue weighted by molar-refractivity contribution is 0.0664. The number of nitrogens with one attached hydrogen (secondary N) is 1. The average Bonchev–Trinajstić information content (AvgIpc) is 2.86. The van der Waals surface area contributed by atoms with Crippen molar-refractivity contribution < 1.29 is 14.3 Å². The Labute approximate surface area is 193 Å². The van der Waals surface area contributed by atoms with Crippen molar-refractivity contribution in [1.29, 1.82) is 0 Å². The Morgan fingerprint density at radius 3 is 2.45 bits per heavy atom. The van der Waals surface area contributed by atoms with Gasteiger partial charge in [0, 0.05) is 24.9 Å². The number of fused-ring (bicyclic) bond motifs is 2. The molecule has 1 atom stereocenters. The molecule has 0 saturated heterocycles. The van der Waals surface area contributed by atoms with Crippen LogP contribution in [0.2, 0.25) is 0 Å². The first-order valence-electron chi connectivity index (χ1n) is 11.1. The van der Waals surface area contributed by atoms with E-state index in [1.807, 2.05) is 77.7 Å². The van der Waals surface area contributed by atoms with Gasteiger partial charge >= 0.3 is 0 Å². The van der Waals surface area contributed by atoms with Crippen LogP contribution in [-0.4, -0.2) is 31.1 Å². The van der Waals surface area contributed by atoms with Gasteiger partial charge in [-0.2, -0.15) is 0 Å². The predicted molar refractivity (Wildman–Crippen MR) is 130 cm³/mol. The Kier molecular flexibility index (Phi) is 5.96. The third-order valence-electron chi connectivity index (χ3n) is 5.97. The van der Waals surface area contributed by atoms with Crippen LogP contribution in [0.1, 0.15) is 27.7 Å². The first kappa shape index (κ1) is 21.0. The lowest BCUT2D eigenvalue weighted by Gasteiger charge is -2.39. The van der Waals surface area contributed by atoms with Crippen molar-refractivity contribution in [3.63, 3.8) is 0 Å². The van der Waals surface area contributed by atoms with Crippen LogP contribution in [-0.2, 0) is 11.3 Å². The van der Waals surface area contributed by atoms with E-state index in [9.17, 15) is 4.79 Å². The maximum atomic E-state index is 13.7. The van der Waals surface area contributed by atoms with Gasteiger partial charge in [-0.25, -0.2) is 0 Å². The second kappa shape index (κ2) is 9.35. The Balaban J connectivity index is 1.66. The summed E-state index contributed by atoms with van der Waals surface area (Å²) in [5.41, 5.74) is 3.52. The van der Waals surface area contributed by atoms with Gasteiger partial charge in [-0.05, 0) is 34.5 Å². The molecular weight excluding hydrogens is 412 g/mol. The number of carbonyl (C=O) groups is 1. The van der Waals surface area contributed by atoms with Crippen LogP contribution in [0, 0.1) is 0 Å². The molecule has 0 aromatic heterocycles. The molecule has 4 aromatic rings. The summed E-state index contributed by atoms with van der Waals surface area (Å²) in [5, 5.41) is 5.78. The van der Waals surface area contributed by atoms with Gasteiger partial charge in [0.05, 0.1) is 12.2 Å². The topological polar surface area (TPSA) is 50.8 Å². The summed E-state index contributed by atoms with van der Waals surface area (Å²) in [5.74, 6) is 0.738. The zero-order valence-electron chi connectivity index (χ0n) is 18.5. The maximum absolute atomic E-state index is 13.7. The number of hydrogen-bond acceptors (Lipinski definition) is 4. The molecule has 4 aromatic carbocycles. The minimum absolute atomic E-state index is 0.00558. The van der Waals surface area contributed by atoms with E-state index in [1.165, 1.54) is 0 Å². The molecular formula is C28H26N2O3. The minimum Gasteiger partial charge on any atom is -0.491 e. The molecule has 1 aliphatic heterocycles. The second-order valence-corrected chi connectivity index (χ2v) is 8.05. The molecule has 1 aliphatic rings. The van der Waals surface area contributed by atoms with E-state index in [1.54, 1.807) is 7.11 Å². The molecule has 166 valence electrons. The van der Waals surface area contributed by atoms with Gasteiger partial charge in [-0.3, -0.25) is 4.79 Å².